The van der Waals surface area contributed by atoms with Crippen LogP contribution in [-0.4, -0.2) is 32.0 Å². The molecule has 0 aliphatic heterocycles. The van der Waals surface area contributed by atoms with Crippen LogP contribution in [0.1, 0.15) is 6.92 Å². The molecule has 10 heavy (non-hydrogen) atoms. The SMILES string of the molecule is CNCC(=O)COC(C)=O. The molecule has 0 saturated carbocycles. The van der Waals surface area contributed by atoms with Crippen LogP contribution in [0.3, 0.4) is 0 Å². The normalized spacial score (nSPS) is 9.00. The Bertz CT molecular complexity index is 133. The molecule has 0 fully saturated rings. The molecular formula is C6H11NO3. The summed E-state index contributed by atoms with van der Waals surface area (Å²) in [5.74, 6) is -0.554. The van der Waals surface area contributed by atoms with E-state index in [-0.39, 0.29) is 18.9 Å². The first-order valence-corrected chi connectivity index (χ1v) is 2.96. The van der Waals surface area contributed by atoms with E-state index in [4.69, 9.17) is 0 Å². The zero-order valence-corrected chi connectivity index (χ0v) is 6.14. The van der Waals surface area contributed by atoms with Gasteiger partial charge in [0.15, 0.2) is 12.4 Å². The van der Waals surface area contributed by atoms with E-state index < -0.39 is 5.97 Å². The molecule has 4 nitrogen and oxygen atoms in total. The molecule has 0 aromatic rings. The van der Waals surface area contributed by atoms with Crippen LogP contribution in [-0.2, 0) is 14.3 Å². The number of hydrogen-bond acceptors (Lipinski definition) is 4. The van der Waals surface area contributed by atoms with Gasteiger partial charge in [0.05, 0.1) is 6.54 Å². The molecule has 0 aliphatic carbocycles. The van der Waals surface area contributed by atoms with Crippen molar-refractivity contribution in [2.75, 3.05) is 20.2 Å². The quantitative estimate of drug-likeness (QED) is 0.533. The molecule has 1 N–H and O–H groups in total. The summed E-state index contributed by atoms with van der Waals surface area (Å²) in [4.78, 5) is 20.8. The molecule has 0 aliphatic rings. The van der Waals surface area contributed by atoms with Gasteiger partial charge in [-0.1, -0.05) is 0 Å². The zero-order chi connectivity index (χ0) is 7.98. The van der Waals surface area contributed by atoms with Crippen molar-refractivity contribution in [2.45, 2.75) is 6.92 Å². The number of likely N-dealkylation sites (N-methyl/N-ethyl adjacent to an activating group) is 1. The van der Waals surface area contributed by atoms with Crippen LogP contribution in [0.25, 0.3) is 0 Å². The molecule has 0 atom stereocenters. The van der Waals surface area contributed by atoms with E-state index >= 15 is 0 Å². The van der Waals surface area contributed by atoms with Crippen molar-refractivity contribution in [1.82, 2.24) is 5.32 Å². The maximum atomic E-state index is 10.6. The number of Topliss-reactive ketones (excluding diaryl/α,β-unsaturated/α-hetero) is 1. The highest BCUT2D eigenvalue weighted by Crippen LogP contribution is 1.76. The Kier molecular flexibility index (Phi) is 4.49. The largest absolute Gasteiger partial charge is 0.458 e. The Balaban J connectivity index is 3.30. The molecule has 0 radical (unpaired) electrons. The number of carbonyl (C=O) groups is 2. The first kappa shape index (κ1) is 9.10. The summed E-state index contributed by atoms with van der Waals surface area (Å²) < 4.78 is 4.43. The van der Waals surface area contributed by atoms with Crippen LogP contribution in [0.4, 0.5) is 0 Å². The van der Waals surface area contributed by atoms with Crippen molar-refractivity contribution in [3.63, 3.8) is 0 Å². The van der Waals surface area contributed by atoms with Gasteiger partial charge in [-0.3, -0.25) is 9.59 Å². The lowest BCUT2D eigenvalue weighted by atomic mass is 10.4. The molecule has 0 heterocycles. The molecule has 0 rings (SSSR count). The Morgan fingerprint density at radius 1 is 1.50 bits per heavy atom. The van der Waals surface area contributed by atoms with Gasteiger partial charge in [-0.05, 0) is 7.05 Å². The molecule has 58 valence electrons. The Morgan fingerprint density at radius 3 is 2.50 bits per heavy atom. The summed E-state index contributed by atoms with van der Waals surface area (Å²) in [6, 6.07) is 0. The fourth-order valence-electron chi connectivity index (χ4n) is 0.430. The number of esters is 1. The van der Waals surface area contributed by atoms with Crippen LogP contribution >= 0.6 is 0 Å². The summed E-state index contributed by atoms with van der Waals surface area (Å²) in [6.45, 7) is 1.39. The van der Waals surface area contributed by atoms with Crippen molar-refractivity contribution in [3.05, 3.63) is 0 Å². The highest BCUT2D eigenvalue weighted by molar-refractivity contribution is 5.83. The second-order valence-electron chi connectivity index (χ2n) is 1.85. The van der Waals surface area contributed by atoms with Gasteiger partial charge in [0.25, 0.3) is 0 Å². The van der Waals surface area contributed by atoms with E-state index in [1.165, 1.54) is 6.92 Å². The fourth-order valence-corrected chi connectivity index (χ4v) is 0.430. The molecule has 0 aromatic carbocycles. The van der Waals surface area contributed by atoms with E-state index in [0.29, 0.717) is 0 Å². The summed E-state index contributed by atoms with van der Waals surface area (Å²) >= 11 is 0. The van der Waals surface area contributed by atoms with Gasteiger partial charge < -0.3 is 10.1 Å². The average Bonchev–Trinajstić information content (AvgIpc) is 1.85. The Hall–Kier alpha value is -0.900. The molecule has 0 amide bonds. The number of hydrogen-bond donors (Lipinski definition) is 1. The molecule has 0 saturated heterocycles. The molecule has 0 unspecified atom stereocenters. The molecule has 0 spiro atoms. The van der Waals surface area contributed by atoms with Crippen LogP contribution in [0.2, 0.25) is 0 Å². The summed E-state index contributed by atoms with van der Waals surface area (Å²) in [6.07, 6.45) is 0. The molecule has 0 aromatic heterocycles. The lowest BCUT2D eigenvalue weighted by Gasteiger charge is -1.98. The third-order valence-electron chi connectivity index (χ3n) is 0.810. The van der Waals surface area contributed by atoms with E-state index in [1.807, 2.05) is 0 Å². The molecular weight excluding hydrogens is 134 g/mol. The third-order valence-corrected chi connectivity index (χ3v) is 0.810. The number of ketones is 1. The lowest BCUT2D eigenvalue weighted by Crippen LogP contribution is -2.23. The van der Waals surface area contributed by atoms with Crippen molar-refractivity contribution in [1.29, 1.82) is 0 Å². The van der Waals surface area contributed by atoms with Gasteiger partial charge in [0.1, 0.15) is 0 Å². The van der Waals surface area contributed by atoms with Gasteiger partial charge in [0, 0.05) is 6.92 Å². The van der Waals surface area contributed by atoms with E-state index in [2.05, 4.69) is 10.1 Å². The molecule has 0 bridgehead atoms. The van der Waals surface area contributed by atoms with Gasteiger partial charge in [-0.15, -0.1) is 0 Å². The van der Waals surface area contributed by atoms with Crippen molar-refractivity contribution in [2.24, 2.45) is 0 Å². The summed E-state index contributed by atoms with van der Waals surface area (Å²) in [7, 11) is 1.66. The second-order valence-corrected chi connectivity index (χ2v) is 1.85. The van der Waals surface area contributed by atoms with Crippen molar-refractivity contribution in [3.8, 4) is 0 Å². The van der Waals surface area contributed by atoms with E-state index in [9.17, 15) is 9.59 Å². The topological polar surface area (TPSA) is 55.4 Å². The predicted molar refractivity (Wildman–Crippen MR) is 35.6 cm³/mol. The third kappa shape index (κ3) is 5.24. The highest BCUT2D eigenvalue weighted by atomic mass is 16.5. The first-order chi connectivity index (χ1) is 4.66. The smallest absolute Gasteiger partial charge is 0.303 e. The lowest BCUT2D eigenvalue weighted by molar-refractivity contribution is -0.145. The average molecular weight is 145 g/mol. The van der Waals surface area contributed by atoms with Gasteiger partial charge in [-0.25, -0.2) is 0 Å². The van der Waals surface area contributed by atoms with Gasteiger partial charge >= 0.3 is 5.97 Å². The minimum absolute atomic E-state index is 0.127. The monoisotopic (exact) mass is 145 g/mol. The Morgan fingerprint density at radius 2 is 2.10 bits per heavy atom. The number of carbonyl (C=O) groups excluding carboxylic acids is 2. The van der Waals surface area contributed by atoms with Crippen LogP contribution in [0, 0.1) is 0 Å². The number of nitrogens with one attached hydrogen (secondary N) is 1. The maximum absolute atomic E-state index is 10.6. The Labute approximate surface area is 59.6 Å². The second kappa shape index (κ2) is 4.93. The maximum Gasteiger partial charge on any atom is 0.303 e. The zero-order valence-electron chi connectivity index (χ0n) is 6.14. The van der Waals surface area contributed by atoms with Gasteiger partial charge in [0.2, 0.25) is 0 Å². The minimum Gasteiger partial charge on any atom is -0.458 e. The standard InChI is InChI=1S/C6H11NO3/c1-5(8)10-4-6(9)3-7-2/h7H,3-4H2,1-2H3. The van der Waals surface area contributed by atoms with Crippen LogP contribution in [0.5, 0.6) is 0 Å². The van der Waals surface area contributed by atoms with Crippen LogP contribution < -0.4 is 5.32 Å². The minimum atomic E-state index is -0.426. The number of rotatable bonds is 4. The summed E-state index contributed by atoms with van der Waals surface area (Å²) in [5, 5.41) is 2.65. The van der Waals surface area contributed by atoms with Crippen molar-refractivity contribution < 1.29 is 14.3 Å². The van der Waals surface area contributed by atoms with E-state index in [1.54, 1.807) is 7.05 Å². The van der Waals surface area contributed by atoms with Crippen LogP contribution in [0.15, 0.2) is 0 Å². The van der Waals surface area contributed by atoms with E-state index in [0.717, 1.165) is 0 Å². The highest BCUT2D eigenvalue weighted by Gasteiger charge is 2.00. The van der Waals surface area contributed by atoms with Gasteiger partial charge in [-0.2, -0.15) is 0 Å². The number of ether oxygens (including phenoxy) is 1. The van der Waals surface area contributed by atoms with Crippen molar-refractivity contribution >= 4 is 11.8 Å². The summed E-state index contributed by atoms with van der Waals surface area (Å²) in [5.41, 5.74) is 0. The first-order valence-electron chi connectivity index (χ1n) is 2.96. The predicted octanol–water partition coefficient (Wildman–Crippen LogP) is -0.662. The fraction of sp³-hybridized carbons (Fsp3) is 0.667. The molecule has 4 heteroatoms.